The first kappa shape index (κ1) is 27.8. The van der Waals surface area contributed by atoms with E-state index in [0.29, 0.717) is 18.5 Å². The van der Waals surface area contributed by atoms with Crippen LogP contribution in [0.4, 0.5) is 4.39 Å². The van der Waals surface area contributed by atoms with Crippen molar-refractivity contribution >= 4 is 17.6 Å². The molecule has 3 aromatic carbocycles. The van der Waals surface area contributed by atoms with Crippen molar-refractivity contribution in [3.05, 3.63) is 93.8 Å². The van der Waals surface area contributed by atoms with Crippen LogP contribution in [0, 0.1) is 12.7 Å². The molecule has 0 aliphatic carbocycles. The molecule has 0 spiro atoms. The van der Waals surface area contributed by atoms with Gasteiger partial charge in [0.1, 0.15) is 5.82 Å². The summed E-state index contributed by atoms with van der Waals surface area (Å²) in [5, 5.41) is 25.2. The lowest BCUT2D eigenvalue weighted by Gasteiger charge is -2.28. The SMILES string of the molecule is Cc1cc(-c2ccccc2[C@@H](C)OC[C@H](O)CNC(C)(C)Cc2ccc(Cl)c(F)c2)ccc1C(=O)[O-]. The maximum absolute atomic E-state index is 13.8. The highest BCUT2D eigenvalue weighted by molar-refractivity contribution is 6.30. The third-order valence-electron chi connectivity index (χ3n) is 6.14. The molecule has 0 bridgehead atoms. The summed E-state index contributed by atoms with van der Waals surface area (Å²) in [6.07, 6.45) is -0.485. The second-order valence-corrected chi connectivity index (χ2v) is 10.1. The van der Waals surface area contributed by atoms with Gasteiger partial charge in [0.2, 0.25) is 0 Å². The van der Waals surface area contributed by atoms with Crippen LogP contribution in [0.5, 0.6) is 0 Å². The van der Waals surface area contributed by atoms with E-state index in [1.165, 1.54) is 6.07 Å². The highest BCUT2D eigenvalue weighted by Crippen LogP contribution is 2.31. The number of hydrogen-bond donors (Lipinski definition) is 2. The van der Waals surface area contributed by atoms with Crippen LogP contribution in [0.2, 0.25) is 5.02 Å². The molecule has 0 saturated carbocycles. The van der Waals surface area contributed by atoms with Crippen LogP contribution in [0.25, 0.3) is 11.1 Å². The Morgan fingerprint density at radius 2 is 1.89 bits per heavy atom. The Labute approximate surface area is 216 Å². The summed E-state index contributed by atoms with van der Waals surface area (Å²) < 4.78 is 19.8. The first-order valence-electron chi connectivity index (χ1n) is 11.9. The Bertz CT molecular complexity index is 1210. The average Bonchev–Trinajstić information content (AvgIpc) is 2.83. The van der Waals surface area contributed by atoms with Crippen molar-refractivity contribution in [1.82, 2.24) is 5.32 Å². The molecule has 0 radical (unpaired) electrons. The normalized spacial score (nSPS) is 13.4. The zero-order valence-electron chi connectivity index (χ0n) is 21.0. The van der Waals surface area contributed by atoms with Gasteiger partial charge in [-0.3, -0.25) is 0 Å². The lowest BCUT2D eigenvalue weighted by Crippen LogP contribution is -2.46. The Morgan fingerprint density at radius 3 is 2.56 bits per heavy atom. The summed E-state index contributed by atoms with van der Waals surface area (Å²) in [7, 11) is 0. The molecular weight excluding hydrogens is 481 g/mol. The Kier molecular flexibility index (Phi) is 9.25. The third-order valence-corrected chi connectivity index (χ3v) is 6.45. The number of carbonyl (C=O) groups excluding carboxylic acids is 1. The number of hydrogen-bond acceptors (Lipinski definition) is 5. The first-order valence-corrected chi connectivity index (χ1v) is 12.2. The number of halogens is 2. The van der Waals surface area contributed by atoms with Crippen molar-refractivity contribution in [2.45, 2.75) is 51.9 Å². The van der Waals surface area contributed by atoms with Crippen molar-refractivity contribution in [3.63, 3.8) is 0 Å². The predicted molar refractivity (Wildman–Crippen MR) is 139 cm³/mol. The van der Waals surface area contributed by atoms with Gasteiger partial charge in [-0.2, -0.15) is 0 Å². The van der Waals surface area contributed by atoms with E-state index in [1.807, 2.05) is 51.1 Å². The molecule has 0 amide bonds. The third kappa shape index (κ3) is 7.37. The number of carboxylic acids is 1. The number of nitrogens with one attached hydrogen (secondary N) is 1. The van der Waals surface area contributed by atoms with Crippen molar-refractivity contribution in [2.75, 3.05) is 13.2 Å². The largest absolute Gasteiger partial charge is 0.545 e. The molecule has 3 rings (SSSR count). The van der Waals surface area contributed by atoms with Gasteiger partial charge >= 0.3 is 0 Å². The fraction of sp³-hybridized carbons (Fsp3) is 0.345. The Balaban J connectivity index is 1.59. The van der Waals surface area contributed by atoms with Gasteiger partial charge in [-0.1, -0.05) is 60.1 Å². The number of rotatable bonds is 11. The number of aliphatic hydroxyl groups is 1. The summed E-state index contributed by atoms with van der Waals surface area (Å²) >= 11 is 5.77. The van der Waals surface area contributed by atoms with E-state index in [4.69, 9.17) is 16.3 Å². The molecule has 0 aromatic heterocycles. The number of aromatic carboxylic acids is 1. The van der Waals surface area contributed by atoms with E-state index in [-0.39, 0.29) is 28.8 Å². The highest BCUT2D eigenvalue weighted by atomic mass is 35.5. The molecule has 0 fully saturated rings. The molecule has 36 heavy (non-hydrogen) atoms. The van der Waals surface area contributed by atoms with Gasteiger partial charge < -0.3 is 25.1 Å². The molecule has 3 aromatic rings. The van der Waals surface area contributed by atoms with Crippen LogP contribution in [-0.4, -0.2) is 35.9 Å². The minimum Gasteiger partial charge on any atom is -0.545 e. The zero-order valence-corrected chi connectivity index (χ0v) is 21.7. The molecule has 0 saturated heterocycles. The number of aliphatic hydroxyl groups excluding tert-OH is 1. The van der Waals surface area contributed by atoms with Crippen molar-refractivity contribution in [3.8, 4) is 11.1 Å². The van der Waals surface area contributed by atoms with E-state index >= 15 is 0 Å². The van der Waals surface area contributed by atoms with Crippen LogP contribution in [0.1, 0.15) is 53.9 Å². The van der Waals surface area contributed by atoms with Gasteiger partial charge in [-0.25, -0.2) is 4.39 Å². The molecule has 2 atom stereocenters. The number of carboxylic acid groups (broad SMARTS) is 1. The van der Waals surface area contributed by atoms with Gasteiger partial charge in [0.05, 0.1) is 29.8 Å². The van der Waals surface area contributed by atoms with Gasteiger partial charge in [0, 0.05) is 17.6 Å². The second-order valence-electron chi connectivity index (χ2n) is 9.72. The molecule has 0 aliphatic heterocycles. The first-order chi connectivity index (χ1) is 17.0. The highest BCUT2D eigenvalue weighted by Gasteiger charge is 2.21. The van der Waals surface area contributed by atoms with Crippen LogP contribution >= 0.6 is 11.6 Å². The summed E-state index contributed by atoms with van der Waals surface area (Å²) in [6, 6.07) is 17.7. The fourth-order valence-electron chi connectivity index (χ4n) is 4.20. The summed E-state index contributed by atoms with van der Waals surface area (Å²) in [4.78, 5) is 11.2. The quantitative estimate of drug-likeness (QED) is 0.383. The molecule has 0 heterocycles. The number of carbonyl (C=O) groups is 1. The van der Waals surface area contributed by atoms with Gasteiger partial charge in [0.15, 0.2) is 0 Å². The van der Waals surface area contributed by atoms with E-state index in [9.17, 15) is 19.4 Å². The minimum atomic E-state index is -1.20. The lowest BCUT2D eigenvalue weighted by atomic mass is 9.94. The maximum atomic E-state index is 13.8. The van der Waals surface area contributed by atoms with Crippen molar-refractivity contribution in [1.29, 1.82) is 0 Å². The van der Waals surface area contributed by atoms with Gasteiger partial charge in [-0.05, 0) is 74.1 Å². The number of benzene rings is 3. The number of ether oxygens (including phenoxy) is 1. The lowest BCUT2D eigenvalue weighted by molar-refractivity contribution is -0.255. The van der Waals surface area contributed by atoms with Gasteiger partial charge in [0.25, 0.3) is 0 Å². The molecule has 7 heteroatoms. The monoisotopic (exact) mass is 512 g/mol. The Hall–Kier alpha value is -2.77. The van der Waals surface area contributed by atoms with Crippen LogP contribution in [0.3, 0.4) is 0 Å². The molecule has 192 valence electrons. The molecule has 0 aliphatic rings. The molecule has 2 N–H and O–H groups in total. The molecule has 0 unspecified atom stereocenters. The smallest absolute Gasteiger partial charge is 0.142 e. The van der Waals surface area contributed by atoms with E-state index in [0.717, 1.165) is 22.3 Å². The second kappa shape index (κ2) is 12.0. The van der Waals surface area contributed by atoms with Gasteiger partial charge in [-0.15, -0.1) is 0 Å². The minimum absolute atomic E-state index is 0.0949. The number of aryl methyl sites for hydroxylation is 1. The van der Waals surface area contributed by atoms with Crippen molar-refractivity contribution < 1.29 is 24.1 Å². The number of β-amino-alcohol motifs (C(OH)–C–C–N with tert-alkyl or cyclic N) is 1. The summed E-state index contributed by atoms with van der Waals surface area (Å²) in [5.74, 6) is -1.65. The predicted octanol–water partition coefficient (Wildman–Crippen LogP) is 4.87. The van der Waals surface area contributed by atoms with E-state index < -0.39 is 17.9 Å². The van der Waals surface area contributed by atoms with Crippen LogP contribution in [-0.2, 0) is 11.2 Å². The zero-order chi connectivity index (χ0) is 26.5. The molecule has 5 nitrogen and oxygen atoms in total. The van der Waals surface area contributed by atoms with E-state index in [1.54, 1.807) is 31.2 Å². The van der Waals surface area contributed by atoms with Crippen molar-refractivity contribution in [2.24, 2.45) is 0 Å². The average molecular weight is 513 g/mol. The Morgan fingerprint density at radius 1 is 1.17 bits per heavy atom. The fourth-order valence-corrected chi connectivity index (χ4v) is 4.31. The topological polar surface area (TPSA) is 81.6 Å². The molecular formula is C29H32ClFNO4-. The van der Waals surface area contributed by atoms with E-state index in [2.05, 4.69) is 5.32 Å². The summed E-state index contributed by atoms with van der Waals surface area (Å²) in [6.45, 7) is 8.06. The van der Waals surface area contributed by atoms with Crippen LogP contribution < -0.4 is 10.4 Å². The maximum Gasteiger partial charge on any atom is 0.142 e. The standard InChI is InChI=1S/C29H33ClFNO4/c1-18-13-21(10-11-23(18)28(34)35)25-8-6-5-7-24(25)19(2)36-17-22(33)16-32-29(3,4)15-20-9-12-26(30)27(31)14-20/h5-14,19,22,32-33H,15-17H2,1-4H3,(H,34,35)/p-1/t19-,22-/m1/s1. The summed E-state index contributed by atoms with van der Waals surface area (Å²) in [5.41, 5.74) is 3.97. The van der Waals surface area contributed by atoms with Crippen LogP contribution in [0.15, 0.2) is 60.7 Å².